The average molecular weight is 374 g/mol. The predicted molar refractivity (Wildman–Crippen MR) is 114 cm³/mol. The van der Waals surface area contributed by atoms with Crippen molar-refractivity contribution in [3.05, 3.63) is 72.7 Å². The molecule has 3 aromatic rings. The standard InChI is InChI=1S/C22H26N6/c1-26(14-10-19-7-11-23-12-8-19)21-9-13-24-22(25-21)28-17-15-27(16-18-28)20-5-3-2-4-6-20/h2-9,11-13H,10,14-18H2,1H3. The number of anilines is 3. The van der Waals surface area contributed by atoms with E-state index in [9.17, 15) is 0 Å². The predicted octanol–water partition coefficient (Wildman–Crippen LogP) is 2.88. The fourth-order valence-electron chi connectivity index (χ4n) is 3.47. The van der Waals surface area contributed by atoms with Crippen molar-refractivity contribution in [1.82, 2.24) is 15.0 Å². The van der Waals surface area contributed by atoms with Gasteiger partial charge in [0.25, 0.3) is 0 Å². The van der Waals surface area contributed by atoms with Crippen molar-refractivity contribution in [3.8, 4) is 0 Å². The summed E-state index contributed by atoms with van der Waals surface area (Å²) < 4.78 is 0. The number of piperazine rings is 1. The molecule has 2 aromatic heterocycles. The van der Waals surface area contributed by atoms with E-state index in [1.807, 2.05) is 24.7 Å². The SMILES string of the molecule is CN(CCc1ccncc1)c1ccnc(N2CCN(c3ccccc3)CC2)n1. The van der Waals surface area contributed by atoms with Crippen molar-refractivity contribution in [3.63, 3.8) is 0 Å². The third-order valence-corrected chi connectivity index (χ3v) is 5.19. The molecular weight excluding hydrogens is 348 g/mol. The first-order valence-electron chi connectivity index (χ1n) is 9.77. The van der Waals surface area contributed by atoms with E-state index in [0.29, 0.717) is 0 Å². The fourth-order valence-corrected chi connectivity index (χ4v) is 3.47. The summed E-state index contributed by atoms with van der Waals surface area (Å²) in [6.07, 6.45) is 6.51. The smallest absolute Gasteiger partial charge is 0.227 e. The molecule has 4 rings (SSSR count). The summed E-state index contributed by atoms with van der Waals surface area (Å²) >= 11 is 0. The molecule has 0 saturated carbocycles. The van der Waals surface area contributed by atoms with E-state index in [-0.39, 0.29) is 0 Å². The van der Waals surface area contributed by atoms with Gasteiger partial charge in [-0.2, -0.15) is 4.98 Å². The van der Waals surface area contributed by atoms with Crippen molar-refractivity contribution in [2.45, 2.75) is 6.42 Å². The molecular formula is C22H26N6. The van der Waals surface area contributed by atoms with Crippen molar-refractivity contribution >= 4 is 17.5 Å². The minimum Gasteiger partial charge on any atom is -0.368 e. The molecule has 1 saturated heterocycles. The van der Waals surface area contributed by atoms with Gasteiger partial charge in [0.1, 0.15) is 5.82 Å². The van der Waals surface area contributed by atoms with Gasteiger partial charge in [-0.25, -0.2) is 4.98 Å². The van der Waals surface area contributed by atoms with Gasteiger partial charge in [-0.15, -0.1) is 0 Å². The Kier molecular flexibility index (Phi) is 5.66. The summed E-state index contributed by atoms with van der Waals surface area (Å²) in [7, 11) is 2.08. The van der Waals surface area contributed by atoms with Crippen LogP contribution in [0.1, 0.15) is 5.56 Å². The number of hydrogen-bond acceptors (Lipinski definition) is 6. The Morgan fingerprint density at radius 2 is 1.57 bits per heavy atom. The second-order valence-electron chi connectivity index (χ2n) is 7.05. The van der Waals surface area contributed by atoms with E-state index in [1.54, 1.807) is 0 Å². The van der Waals surface area contributed by atoms with Gasteiger partial charge in [-0.3, -0.25) is 4.98 Å². The highest BCUT2D eigenvalue weighted by Gasteiger charge is 2.19. The zero-order valence-corrected chi connectivity index (χ0v) is 16.3. The lowest BCUT2D eigenvalue weighted by molar-refractivity contribution is 0.639. The van der Waals surface area contributed by atoms with E-state index in [4.69, 9.17) is 4.98 Å². The molecule has 0 atom stereocenters. The fraction of sp³-hybridized carbons (Fsp3) is 0.318. The number of nitrogens with zero attached hydrogens (tertiary/aromatic N) is 6. The summed E-state index contributed by atoms with van der Waals surface area (Å²) in [6.45, 7) is 4.73. The second-order valence-corrected chi connectivity index (χ2v) is 7.05. The first-order chi connectivity index (χ1) is 13.8. The van der Waals surface area contributed by atoms with Gasteiger partial charge >= 0.3 is 0 Å². The van der Waals surface area contributed by atoms with Crippen LogP contribution in [0.3, 0.4) is 0 Å². The van der Waals surface area contributed by atoms with E-state index in [2.05, 4.69) is 74.2 Å². The van der Waals surface area contributed by atoms with Gasteiger partial charge < -0.3 is 14.7 Å². The molecule has 0 spiro atoms. The summed E-state index contributed by atoms with van der Waals surface area (Å²) in [6, 6.07) is 16.7. The topological polar surface area (TPSA) is 48.4 Å². The number of likely N-dealkylation sites (N-methyl/N-ethyl adjacent to an activating group) is 1. The molecule has 1 aromatic carbocycles. The maximum absolute atomic E-state index is 4.82. The maximum Gasteiger partial charge on any atom is 0.227 e. The van der Waals surface area contributed by atoms with Crippen LogP contribution >= 0.6 is 0 Å². The zero-order chi connectivity index (χ0) is 19.2. The summed E-state index contributed by atoms with van der Waals surface area (Å²) in [5, 5.41) is 0. The van der Waals surface area contributed by atoms with Crippen LogP contribution in [0.2, 0.25) is 0 Å². The number of rotatable bonds is 6. The molecule has 28 heavy (non-hydrogen) atoms. The zero-order valence-electron chi connectivity index (χ0n) is 16.3. The van der Waals surface area contributed by atoms with Crippen LogP contribution in [0.4, 0.5) is 17.5 Å². The number of pyridine rings is 1. The van der Waals surface area contributed by atoms with Gasteiger partial charge in [0, 0.05) is 64.0 Å². The Bertz CT molecular complexity index is 862. The van der Waals surface area contributed by atoms with Gasteiger partial charge in [0.05, 0.1) is 0 Å². The number of benzene rings is 1. The Morgan fingerprint density at radius 3 is 2.32 bits per heavy atom. The van der Waals surface area contributed by atoms with Crippen LogP contribution in [-0.2, 0) is 6.42 Å². The van der Waals surface area contributed by atoms with Crippen molar-refractivity contribution in [2.75, 3.05) is 54.5 Å². The highest BCUT2D eigenvalue weighted by atomic mass is 15.3. The molecule has 6 nitrogen and oxygen atoms in total. The van der Waals surface area contributed by atoms with Crippen LogP contribution in [0.25, 0.3) is 0 Å². The first kappa shape index (κ1) is 18.2. The molecule has 6 heteroatoms. The van der Waals surface area contributed by atoms with Gasteiger partial charge in [0.15, 0.2) is 0 Å². The highest BCUT2D eigenvalue weighted by molar-refractivity contribution is 5.49. The summed E-state index contributed by atoms with van der Waals surface area (Å²) in [5.41, 5.74) is 2.57. The Balaban J connectivity index is 1.36. The van der Waals surface area contributed by atoms with Gasteiger partial charge in [-0.1, -0.05) is 18.2 Å². The molecule has 1 aliphatic heterocycles. The number of para-hydroxylation sites is 1. The van der Waals surface area contributed by atoms with Gasteiger partial charge in [0.2, 0.25) is 5.95 Å². The average Bonchev–Trinajstić information content (AvgIpc) is 2.79. The molecule has 0 radical (unpaired) electrons. The van der Waals surface area contributed by atoms with Crippen LogP contribution in [0.15, 0.2) is 67.1 Å². The molecule has 0 bridgehead atoms. The third kappa shape index (κ3) is 4.39. The minimum absolute atomic E-state index is 0.820. The van der Waals surface area contributed by atoms with E-state index < -0.39 is 0 Å². The normalized spacial score (nSPS) is 14.2. The lowest BCUT2D eigenvalue weighted by Gasteiger charge is -2.36. The lowest BCUT2D eigenvalue weighted by atomic mass is 10.2. The largest absolute Gasteiger partial charge is 0.368 e. The molecule has 3 heterocycles. The first-order valence-corrected chi connectivity index (χ1v) is 9.77. The van der Waals surface area contributed by atoms with Crippen LogP contribution < -0.4 is 14.7 Å². The van der Waals surface area contributed by atoms with Crippen molar-refractivity contribution < 1.29 is 0 Å². The minimum atomic E-state index is 0.820. The molecule has 1 fully saturated rings. The van der Waals surface area contributed by atoms with Crippen LogP contribution in [0.5, 0.6) is 0 Å². The molecule has 0 N–H and O–H groups in total. The van der Waals surface area contributed by atoms with E-state index in [0.717, 1.165) is 50.9 Å². The molecule has 1 aliphatic rings. The third-order valence-electron chi connectivity index (χ3n) is 5.19. The van der Waals surface area contributed by atoms with Crippen molar-refractivity contribution in [2.24, 2.45) is 0 Å². The molecule has 144 valence electrons. The Hall–Kier alpha value is -3.15. The Labute approximate surface area is 166 Å². The quantitative estimate of drug-likeness (QED) is 0.661. The highest BCUT2D eigenvalue weighted by Crippen LogP contribution is 2.19. The van der Waals surface area contributed by atoms with Crippen LogP contribution in [0, 0.1) is 0 Å². The molecule has 0 aliphatic carbocycles. The number of hydrogen-bond donors (Lipinski definition) is 0. The van der Waals surface area contributed by atoms with Gasteiger partial charge in [-0.05, 0) is 42.3 Å². The molecule has 0 unspecified atom stereocenters. The van der Waals surface area contributed by atoms with Crippen molar-refractivity contribution in [1.29, 1.82) is 0 Å². The van der Waals surface area contributed by atoms with E-state index in [1.165, 1.54) is 11.3 Å². The number of aromatic nitrogens is 3. The second kappa shape index (κ2) is 8.69. The maximum atomic E-state index is 4.82. The van der Waals surface area contributed by atoms with E-state index >= 15 is 0 Å². The Morgan fingerprint density at radius 1 is 0.857 bits per heavy atom. The molecule has 0 amide bonds. The summed E-state index contributed by atoms with van der Waals surface area (Å²) in [5.74, 6) is 1.78. The monoisotopic (exact) mass is 374 g/mol. The summed E-state index contributed by atoms with van der Waals surface area (Å²) in [4.78, 5) is 20.3. The van der Waals surface area contributed by atoms with Crippen LogP contribution in [-0.4, -0.2) is 54.7 Å². The lowest BCUT2D eigenvalue weighted by Crippen LogP contribution is -2.47.